The van der Waals surface area contributed by atoms with Crippen molar-refractivity contribution >= 4 is 5.91 Å². The van der Waals surface area contributed by atoms with Crippen LogP contribution >= 0.6 is 0 Å². The Morgan fingerprint density at radius 2 is 1.79 bits per heavy atom. The van der Waals surface area contributed by atoms with Gasteiger partial charge in [-0.3, -0.25) is 9.59 Å². The summed E-state index contributed by atoms with van der Waals surface area (Å²) in [6.45, 7) is 2.24. The van der Waals surface area contributed by atoms with Gasteiger partial charge < -0.3 is 24.1 Å². The molecule has 2 heterocycles. The quantitative estimate of drug-likeness (QED) is 0.421. The first-order chi connectivity index (χ1) is 16.0. The first-order valence-corrected chi connectivity index (χ1v) is 10.2. The number of rotatable bonds is 8. The third kappa shape index (κ3) is 5.45. The van der Waals surface area contributed by atoms with Crippen molar-refractivity contribution in [3.8, 4) is 22.9 Å². The van der Waals surface area contributed by atoms with Gasteiger partial charge >= 0.3 is 11.8 Å². The lowest BCUT2D eigenvalue weighted by atomic mass is 10.1. The van der Waals surface area contributed by atoms with E-state index in [9.17, 15) is 14.7 Å². The Bertz CT molecular complexity index is 1290. The van der Waals surface area contributed by atoms with E-state index in [1.54, 1.807) is 43.3 Å². The van der Waals surface area contributed by atoms with Gasteiger partial charge in [0.25, 0.3) is 0 Å². The number of ether oxygens (including phenoxy) is 1. The number of aryl methyl sites for hydroxylation is 1. The van der Waals surface area contributed by atoms with Crippen LogP contribution in [0.5, 0.6) is 11.5 Å². The first-order valence-electron chi connectivity index (χ1n) is 10.2. The van der Waals surface area contributed by atoms with Crippen LogP contribution in [0.1, 0.15) is 27.6 Å². The summed E-state index contributed by atoms with van der Waals surface area (Å²) in [6, 6.07) is 15.2. The standard InChI is InChI=1S/C24H21N3O6/c1-15-21(20(29)11-13-31-15)32-14-17-2-6-18(7-3-17)22-26-24(33-27-22)23(30)25-12-10-16-4-8-19(28)9-5-16/h2-9,11,13,28H,10,12,14H2,1H3,(H,25,30). The Morgan fingerprint density at radius 3 is 2.52 bits per heavy atom. The molecule has 0 aliphatic carbocycles. The lowest BCUT2D eigenvalue weighted by molar-refractivity contribution is 0.0910. The molecule has 0 atom stereocenters. The summed E-state index contributed by atoms with van der Waals surface area (Å²) in [5, 5.41) is 15.9. The van der Waals surface area contributed by atoms with Crippen LogP contribution in [0.15, 0.2) is 74.6 Å². The molecule has 0 aliphatic rings. The third-order valence-electron chi connectivity index (χ3n) is 4.86. The molecule has 2 aromatic heterocycles. The van der Waals surface area contributed by atoms with Crippen molar-refractivity contribution in [3.05, 3.63) is 93.9 Å². The van der Waals surface area contributed by atoms with Gasteiger partial charge in [-0.15, -0.1) is 0 Å². The number of benzene rings is 2. The highest BCUT2D eigenvalue weighted by Crippen LogP contribution is 2.18. The summed E-state index contributed by atoms with van der Waals surface area (Å²) in [7, 11) is 0. The number of hydrogen-bond donors (Lipinski definition) is 2. The van der Waals surface area contributed by atoms with Crippen LogP contribution in [-0.2, 0) is 13.0 Å². The third-order valence-corrected chi connectivity index (χ3v) is 4.86. The van der Waals surface area contributed by atoms with Crippen LogP contribution in [0.2, 0.25) is 0 Å². The molecule has 0 aliphatic heterocycles. The molecular weight excluding hydrogens is 426 g/mol. The zero-order valence-corrected chi connectivity index (χ0v) is 17.8. The van der Waals surface area contributed by atoms with Crippen molar-refractivity contribution in [2.24, 2.45) is 0 Å². The summed E-state index contributed by atoms with van der Waals surface area (Å²) in [5.41, 5.74) is 2.24. The Hall–Kier alpha value is -4.40. The second-order valence-corrected chi connectivity index (χ2v) is 7.25. The molecule has 9 nitrogen and oxygen atoms in total. The Kier molecular flexibility index (Phi) is 6.49. The van der Waals surface area contributed by atoms with Gasteiger partial charge in [-0.25, -0.2) is 0 Å². The largest absolute Gasteiger partial charge is 0.508 e. The van der Waals surface area contributed by atoms with E-state index in [0.717, 1.165) is 11.1 Å². The smallest absolute Gasteiger partial charge is 0.316 e. The van der Waals surface area contributed by atoms with Gasteiger partial charge in [-0.05, 0) is 36.6 Å². The van der Waals surface area contributed by atoms with Crippen LogP contribution in [0, 0.1) is 6.92 Å². The topological polar surface area (TPSA) is 128 Å². The summed E-state index contributed by atoms with van der Waals surface area (Å²) >= 11 is 0. The summed E-state index contributed by atoms with van der Waals surface area (Å²) in [4.78, 5) is 28.3. The Labute approximate surface area is 188 Å². The van der Waals surface area contributed by atoms with E-state index in [0.29, 0.717) is 24.3 Å². The minimum atomic E-state index is -0.463. The fourth-order valence-electron chi connectivity index (χ4n) is 3.07. The van der Waals surface area contributed by atoms with Gasteiger partial charge in [0.2, 0.25) is 17.0 Å². The lowest BCUT2D eigenvalue weighted by Gasteiger charge is -2.07. The molecule has 2 N–H and O–H groups in total. The zero-order valence-electron chi connectivity index (χ0n) is 17.8. The van der Waals surface area contributed by atoms with Crippen molar-refractivity contribution in [1.29, 1.82) is 0 Å². The Morgan fingerprint density at radius 1 is 1.06 bits per heavy atom. The fourth-order valence-corrected chi connectivity index (χ4v) is 3.07. The van der Waals surface area contributed by atoms with Crippen LogP contribution in [0.3, 0.4) is 0 Å². The number of nitrogens with zero attached hydrogens (tertiary/aromatic N) is 2. The average molecular weight is 447 g/mol. The molecule has 0 saturated heterocycles. The highest BCUT2D eigenvalue weighted by atomic mass is 16.5. The number of hydrogen-bond acceptors (Lipinski definition) is 8. The number of aromatic hydroxyl groups is 1. The molecule has 4 rings (SSSR count). The highest BCUT2D eigenvalue weighted by Gasteiger charge is 2.16. The molecule has 9 heteroatoms. The second kappa shape index (κ2) is 9.82. The average Bonchev–Trinajstić information content (AvgIpc) is 3.31. The summed E-state index contributed by atoms with van der Waals surface area (Å²) in [6.07, 6.45) is 1.93. The van der Waals surface area contributed by atoms with Gasteiger partial charge in [0.1, 0.15) is 18.1 Å². The molecule has 0 saturated carbocycles. The predicted octanol–water partition coefficient (Wildman–Crippen LogP) is 3.26. The number of carbonyl (C=O) groups excluding carboxylic acids is 1. The minimum Gasteiger partial charge on any atom is -0.508 e. The van der Waals surface area contributed by atoms with Crippen LogP contribution in [0.25, 0.3) is 11.4 Å². The summed E-state index contributed by atoms with van der Waals surface area (Å²) in [5.74, 6) is 0.482. The Balaban J connectivity index is 1.32. The van der Waals surface area contributed by atoms with Gasteiger partial charge in [0.15, 0.2) is 0 Å². The predicted molar refractivity (Wildman–Crippen MR) is 118 cm³/mol. The molecule has 168 valence electrons. The van der Waals surface area contributed by atoms with E-state index in [1.807, 2.05) is 12.1 Å². The SMILES string of the molecule is Cc1occc(=O)c1OCc1ccc(-c2noc(C(=O)NCCc3ccc(O)cc3)n2)cc1. The van der Waals surface area contributed by atoms with E-state index in [4.69, 9.17) is 13.7 Å². The molecule has 33 heavy (non-hydrogen) atoms. The van der Waals surface area contributed by atoms with E-state index in [2.05, 4.69) is 15.5 Å². The molecule has 4 aromatic rings. The maximum absolute atomic E-state index is 12.3. The molecule has 0 unspecified atom stereocenters. The normalized spacial score (nSPS) is 10.7. The van der Waals surface area contributed by atoms with E-state index >= 15 is 0 Å². The van der Waals surface area contributed by atoms with E-state index in [1.165, 1.54) is 12.3 Å². The molecule has 0 spiro atoms. The molecule has 2 aromatic carbocycles. The molecule has 0 bridgehead atoms. The second-order valence-electron chi connectivity index (χ2n) is 7.25. The van der Waals surface area contributed by atoms with Gasteiger partial charge in [0.05, 0.1) is 6.26 Å². The van der Waals surface area contributed by atoms with Crippen molar-refractivity contribution in [2.75, 3.05) is 6.54 Å². The highest BCUT2D eigenvalue weighted by molar-refractivity contribution is 5.89. The number of nitrogens with one attached hydrogen (secondary N) is 1. The van der Waals surface area contributed by atoms with Crippen LogP contribution in [0.4, 0.5) is 0 Å². The lowest BCUT2D eigenvalue weighted by Crippen LogP contribution is -2.25. The van der Waals surface area contributed by atoms with Crippen LogP contribution < -0.4 is 15.5 Å². The molecular formula is C24H21N3O6. The van der Waals surface area contributed by atoms with Crippen molar-refractivity contribution in [2.45, 2.75) is 20.0 Å². The van der Waals surface area contributed by atoms with E-state index < -0.39 is 5.91 Å². The zero-order chi connectivity index (χ0) is 23.2. The van der Waals surface area contributed by atoms with Crippen molar-refractivity contribution in [1.82, 2.24) is 15.5 Å². The number of phenols is 1. The maximum Gasteiger partial charge on any atom is 0.316 e. The van der Waals surface area contributed by atoms with Crippen molar-refractivity contribution < 1.29 is 23.6 Å². The molecule has 0 radical (unpaired) electrons. The summed E-state index contributed by atoms with van der Waals surface area (Å²) < 4.78 is 15.9. The number of aromatic nitrogens is 2. The van der Waals surface area contributed by atoms with Crippen molar-refractivity contribution in [3.63, 3.8) is 0 Å². The molecule has 0 fully saturated rings. The monoisotopic (exact) mass is 447 g/mol. The van der Waals surface area contributed by atoms with Gasteiger partial charge in [-0.1, -0.05) is 41.6 Å². The van der Waals surface area contributed by atoms with Gasteiger partial charge in [0, 0.05) is 18.2 Å². The van der Waals surface area contributed by atoms with Gasteiger partial charge in [-0.2, -0.15) is 4.98 Å². The minimum absolute atomic E-state index is 0.130. The first kappa shape index (κ1) is 21.8. The maximum atomic E-state index is 12.3. The number of phenolic OH excluding ortho intramolecular Hbond substituents is 1. The fraction of sp³-hybridized carbons (Fsp3) is 0.167. The van der Waals surface area contributed by atoms with E-state index in [-0.39, 0.29) is 35.2 Å². The number of carbonyl (C=O) groups is 1. The molecule has 1 amide bonds. The van der Waals surface area contributed by atoms with Crippen LogP contribution in [-0.4, -0.2) is 27.7 Å². The number of amides is 1.